The minimum absolute atomic E-state index is 0.0680. The largest absolute Gasteiger partial charge is 0.471 e. The van der Waals surface area contributed by atoms with E-state index in [0.29, 0.717) is 4.90 Å². The fourth-order valence-corrected chi connectivity index (χ4v) is 1.71. The Morgan fingerprint density at radius 1 is 1.33 bits per heavy atom. The van der Waals surface area contributed by atoms with Crippen LogP contribution in [-0.2, 0) is 4.79 Å². The third-order valence-electron chi connectivity index (χ3n) is 2.69. The highest BCUT2D eigenvalue weighted by molar-refractivity contribution is 5.82. The van der Waals surface area contributed by atoms with Crippen LogP contribution in [0, 0.1) is 5.92 Å². The lowest BCUT2D eigenvalue weighted by atomic mass is 9.94. The molecule has 0 aromatic carbocycles. The number of carbonyl (C=O) groups excluding carboxylic acids is 1. The molecule has 4 nitrogen and oxygen atoms in total. The summed E-state index contributed by atoms with van der Waals surface area (Å²) in [7, 11) is 0. The minimum Gasteiger partial charge on any atom is -0.334 e. The molecule has 98 valence electrons. The van der Waals surface area contributed by atoms with Crippen molar-refractivity contribution in [1.29, 1.82) is 0 Å². The van der Waals surface area contributed by atoms with Crippen molar-refractivity contribution in [1.82, 2.24) is 14.9 Å². The van der Waals surface area contributed by atoms with Crippen molar-refractivity contribution < 1.29 is 22.4 Å². The second-order valence-corrected chi connectivity index (χ2v) is 3.98. The Hall–Kier alpha value is -1.73. The lowest BCUT2D eigenvalue weighted by Crippen LogP contribution is -2.55. The number of likely N-dealkylation sites (tertiary alicyclic amines) is 1. The lowest BCUT2D eigenvalue weighted by molar-refractivity contribution is -0.193. The molecule has 1 saturated heterocycles. The summed E-state index contributed by atoms with van der Waals surface area (Å²) in [5.74, 6) is -2.68. The number of alkyl halides is 4. The van der Waals surface area contributed by atoms with Crippen LogP contribution < -0.4 is 0 Å². The van der Waals surface area contributed by atoms with E-state index in [1.54, 1.807) is 0 Å². The summed E-state index contributed by atoms with van der Waals surface area (Å²) < 4.78 is 50.0. The van der Waals surface area contributed by atoms with E-state index in [2.05, 4.69) is 9.97 Å². The number of hydrogen-bond donors (Lipinski definition) is 0. The van der Waals surface area contributed by atoms with Crippen LogP contribution in [0.2, 0.25) is 0 Å². The molecule has 0 spiro atoms. The second-order valence-electron chi connectivity index (χ2n) is 3.98. The van der Waals surface area contributed by atoms with Gasteiger partial charge in [-0.25, -0.2) is 14.4 Å². The summed E-state index contributed by atoms with van der Waals surface area (Å²) in [6.07, 6.45) is -3.75. The zero-order valence-electron chi connectivity index (χ0n) is 9.06. The first-order chi connectivity index (χ1) is 8.39. The zero-order valence-corrected chi connectivity index (χ0v) is 9.06. The van der Waals surface area contributed by atoms with Gasteiger partial charge in [-0.05, 0) is 6.07 Å². The molecule has 1 aliphatic rings. The Balaban J connectivity index is 1.92. The van der Waals surface area contributed by atoms with Gasteiger partial charge in [-0.2, -0.15) is 13.2 Å². The molecule has 2 rings (SSSR count). The monoisotopic (exact) mass is 263 g/mol. The van der Waals surface area contributed by atoms with E-state index in [-0.39, 0.29) is 18.9 Å². The minimum atomic E-state index is -4.90. The van der Waals surface area contributed by atoms with Crippen LogP contribution in [0.4, 0.5) is 17.6 Å². The van der Waals surface area contributed by atoms with E-state index >= 15 is 0 Å². The summed E-state index contributed by atoms with van der Waals surface area (Å²) in [6.45, 7) is -0.532. The fourth-order valence-electron chi connectivity index (χ4n) is 1.71. The molecule has 0 N–H and O–H groups in total. The van der Waals surface area contributed by atoms with Crippen molar-refractivity contribution in [2.75, 3.05) is 13.1 Å². The third kappa shape index (κ3) is 2.41. The predicted molar refractivity (Wildman–Crippen MR) is 52.0 cm³/mol. The molecule has 8 heteroatoms. The maximum absolute atomic E-state index is 13.8. The fraction of sp³-hybridized carbons (Fsp3) is 0.500. The van der Waals surface area contributed by atoms with Gasteiger partial charge in [-0.15, -0.1) is 0 Å². The highest BCUT2D eigenvalue weighted by atomic mass is 19.4. The average molecular weight is 263 g/mol. The van der Waals surface area contributed by atoms with Gasteiger partial charge in [0.15, 0.2) is 12.0 Å². The van der Waals surface area contributed by atoms with E-state index in [9.17, 15) is 22.4 Å². The van der Waals surface area contributed by atoms with Gasteiger partial charge in [0.2, 0.25) is 0 Å². The number of hydrogen-bond acceptors (Lipinski definition) is 3. The predicted octanol–water partition coefficient (Wildman–Crippen LogP) is 1.51. The van der Waals surface area contributed by atoms with Crippen molar-refractivity contribution in [2.45, 2.75) is 12.3 Å². The molecule has 1 fully saturated rings. The van der Waals surface area contributed by atoms with Gasteiger partial charge in [0, 0.05) is 31.4 Å². The molecule has 1 aromatic heterocycles. The van der Waals surface area contributed by atoms with Crippen molar-refractivity contribution in [3.63, 3.8) is 0 Å². The lowest BCUT2D eigenvalue weighted by Gasteiger charge is -2.40. The standard InChI is InChI=1S/C10H9F4N3O/c11-7(8-15-2-1-3-16-8)6-4-17(5-6)9(18)10(12,13)14/h1-3,6-7H,4-5H2. The smallest absolute Gasteiger partial charge is 0.334 e. The van der Waals surface area contributed by atoms with Crippen LogP contribution in [-0.4, -0.2) is 40.0 Å². The van der Waals surface area contributed by atoms with Gasteiger partial charge in [-0.3, -0.25) is 4.79 Å². The topological polar surface area (TPSA) is 46.1 Å². The van der Waals surface area contributed by atoms with Crippen LogP contribution in [0.5, 0.6) is 0 Å². The van der Waals surface area contributed by atoms with Crippen LogP contribution in [0.3, 0.4) is 0 Å². The van der Waals surface area contributed by atoms with Gasteiger partial charge in [0.05, 0.1) is 0 Å². The molecule has 0 radical (unpaired) electrons. The first-order valence-corrected chi connectivity index (χ1v) is 5.16. The van der Waals surface area contributed by atoms with Crippen molar-refractivity contribution in [3.05, 3.63) is 24.3 Å². The SMILES string of the molecule is O=C(N1CC(C(F)c2ncccn2)C1)C(F)(F)F. The molecule has 1 aromatic rings. The molecule has 1 aliphatic heterocycles. The second kappa shape index (κ2) is 4.51. The number of halogens is 4. The summed E-state index contributed by atoms with van der Waals surface area (Å²) in [5, 5.41) is 0. The van der Waals surface area contributed by atoms with Crippen molar-refractivity contribution in [3.8, 4) is 0 Å². The Morgan fingerprint density at radius 2 is 1.89 bits per heavy atom. The van der Waals surface area contributed by atoms with E-state index < -0.39 is 24.2 Å². The number of aromatic nitrogens is 2. The van der Waals surface area contributed by atoms with E-state index in [4.69, 9.17) is 0 Å². The van der Waals surface area contributed by atoms with E-state index in [0.717, 1.165) is 0 Å². The van der Waals surface area contributed by atoms with Gasteiger partial charge < -0.3 is 4.90 Å². The maximum Gasteiger partial charge on any atom is 0.471 e. The summed E-state index contributed by atoms with van der Waals surface area (Å²) in [4.78, 5) is 18.7. The highest BCUT2D eigenvalue weighted by Crippen LogP contribution is 2.33. The summed E-state index contributed by atoms with van der Waals surface area (Å²) >= 11 is 0. The first-order valence-electron chi connectivity index (χ1n) is 5.16. The Labute approximate surface area is 99.6 Å². The molecule has 0 bridgehead atoms. The molecule has 1 unspecified atom stereocenters. The Morgan fingerprint density at radius 3 is 2.39 bits per heavy atom. The van der Waals surface area contributed by atoms with Crippen LogP contribution >= 0.6 is 0 Å². The van der Waals surface area contributed by atoms with Crippen molar-refractivity contribution >= 4 is 5.91 Å². The highest BCUT2D eigenvalue weighted by Gasteiger charge is 2.48. The number of nitrogens with zero attached hydrogens (tertiary/aromatic N) is 3. The number of carbonyl (C=O) groups is 1. The first kappa shape index (κ1) is 12.7. The average Bonchev–Trinajstić information content (AvgIpc) is 2.26. The van der Waals surface area contributed by atoms with Crippen LogP contribution in [0.1, 0.15) is 12.0 Å². The normalized spacial score (nSPS) is 18.3. The molecular formula is C10H9F4N3O. The van der Waals surface area contributed by atoms with Gasteiger partial charge in [-0.1, -0.05) is 0 Å². The molecule has 0 saturated carbocycles. The molecule has 0 aliphatic carbocycles. The molecular weight excluding hydrogens is 254 g/mol. The van der Waals surface area contributed by atoms with E-state index in [1.165, 1.54) is 18.5 Å². The maximum atomic E-state index is 13.8. The number of rotatable bonds is 2. The molecule has 1 amide bonds. The van der Waals surface area contributed by atoms with Gasteiger partial charge >= 0.3 is 12.1 Å². The molecule has 18 heavy (non-hydrogen) atoms. The van der Waals surface area contributed by atoms with Crippen LogP contribution in [0.25, 0.3) is 0 Å². The van der Waals surface area contributed by atoms with Crippen molar-refractivity contribution in [2.24, 2.45) is 5.92 Å². The third-order valence-corrected chi connectivity index (χ3v) is 2.69. The number of amides is 1. The summed E-state index contributed by atoms with van der Waals surface area (Å²) in [6, 6.07) is 1.51. The van der Waals surface area contributed by atoms with E-state index in [1.807, 2.05) is 0 Å². The van der Waals surface area contributed by atoms with Gasteiger partial charge in [0.1, 0.15) is 0 Å². The molecule has 2 heterocycles. The Bertz CT molecular complexity index is 430. The quantitative estimate of drug-likeness (QED) is 0.760. The Kier molecular flexibility index (Phi) is 3.18. The van der Waals surface area contributed by atoms with Gasteiger partial charge in [0.25, 0.3) is 0 Å². The van der Waals surface area contributed by atoms with Crippen LogP contribution in [0.15, 0.2) is 18.5 Å². The molecule has 1 atom stereocenters. The zero-order chi connectivity index (χ0) is 13.3. The summed E-state index contributed by atoms with van der Waals surface area (Å²) in [5.41, 5.74) is 0.